The third-order valence-electron chi connectivity index (χ3n) is 10.8. The highest BCUT2D eigenvalue weighted by Gasteiger charge is 2.68. The van der Waals surface area contributed by atoms with Crippen LogP contribution in [0.1, 0.15) is 117 Å². The van der Waals surface area contributed by atoms with Crippen molar-refractivity contribution in [3.63, 3.8) is 0 Å². The quantitative estimate of drug-likeness (QED) is 0.247. The van der Waals surface area contributed by atoms with Crippen molar-refractivity contribution in [3.05, 3.63) is 11.6 Å². The van der Waals surface area contributed by atoms with E-state index < -0.39 is 12.4 Å². The standard InChI is InChI=1S/C31H50O5/c1-4-5-6-7-8-9-10-11-18-36-31(35)21-30(3)25(14-15-26(30)27(34)20-32)24-13-12-22-19-23(33)16-17-29(22,2)28(24)31/h19,24-26,28,32,35H,4-18,20-21H2,1-3H3/t24-,25-,26+,28-,29-,30-,31+/m0/s1. The molecule has 3 fully saturated rings. The van der Waals surface area contributed by atoms with E-state index in [-0.39, 0.29) is 40.2 Å². The van der Waals surface area contributed by atoms with Gasteiger partial charge in [0.05, 0.1) is 6.61 Å². The second kappa shape index (κ2) is 11.4. The van der Waals surface area contributed by atoms with Gasteiger partial charge in [-0.1, -0.05) is 71.3 Å². The Balaban J connectivity index is 1.53. The van der Waals surface area contributed by atoms with E-state index in [0.29, 0.717) is 25.4 Å². The number of ketones is 2. The average molecular weight is 503 g/mol. The minimum absolute atomic E-state index is 0.0619. The Morgan fingerprint density at radius 2 is 1.72 bits per heavy atom. The molecule has 4 aliphatic carbocycles. The maximum absolute atomic E-state index is 12.8. The molecule has 0 aromatic heterocycles. The number of hydrogen-bond donors (Lipinski definition) is 2. The highest BCUT2D eigenvalue weighted by molar-refractivity contribution is 5.91. The van der Waals surface area contributed by atoms with Crippen molar-refractivity contribution in [1.29, 1.82) is 0 Å². The summed E-state index contributed by atoms with van der Waals surface area (Å²) in [6.45, 7) is 6.76. The van der Waals surface area contributed by atoms with Crippen molar-refractivity contribution in [1.82, 2.24) is 0 Å². The Kier molecular flexibility index (Phi) is 8.84. The average Bonchev–Trinajstić information content (AvgIpc) is 3.18. The van der Waals surface area contributed by atoms with Crippen molar-refractivity contribution >= 4 is 11.6 Å². The van der Waals surface area contributed by atoms with E-state index in [1.54, 1.807) is 0 Å². The van der Waals surface area contributed by atoms with Crippen LogP contribution in [0.25, 0.3) is 0 Å². The molecule has 0 aliphatic heterocycles. The lowest BCUT2D eigenvalue weighted by molar-refractivity contribution is -0.317. The Hall–Kier alpha value is -1.04. The monoisotopic (exact) mass is 502 g/mol. The number of aliphatic hydroxyl groups excluding tert-OH is 1. The number of carbonyl (C=O) groups excluding carboxylic acids is 2. The first-order chi connectivity index (χ1) is 17.2. The van der Waals surface area contributed by atoms with Crippen LogP contribution in [0.4, 0.5) is 0 Å². The van der Waals surface area contributed by atoms with E-state index in [1.807, 2.05) is 6.08 Å². The Morgan fingerprint density at radius 3 is 2.42 bits per heavy atom. The molecule has 4 rings (SSSR count). The fourth-order valence-electron chi connectivity index (χ4n) is 9.06. The zero-order valence-corrected chi connectivity index (χ0v) is 23.0. The van der Waals surface area contributed by atoms with Crippen LogP contribution >= 0.6 is 0 Å². The van der Waals surface area contributed by atoms with Gasteiger partial charge < -0.3 is 14.9 Å². The number of hydrogen-bond acceptors (Lipinski definition) is 5. The van der Waals surface area contributed by atoms with Gasteiger partial charge in [0, 0.05) is 24.7 Å². The summed E-state index contributed by atoms with van der Waals surface area (Å²) in [7, 11) is 0. The zero-order chi connectivity index (χ0) is 26.0. The summed E-state index contributed by atoms with van der Waals surface area (Å²) in [4.78, 5) is 25.1. The van der Waals surface area contributed by atoms with Crippen LogP contribution in [0.15, 0.2) is 11.6 Å². The summed E-state index contributed by atoms with van der Waals surface area (Å²) in [5, 5.41) is 22.1. The van der Waals surface area contributed by atoms with Gasteiger partial charge in [-0.25, -0.2) is 0 Å². The van der Waals surface area contributed by atoms with Gasteiger partial charge in [-0.05, 0) is 67.3 Å². The molecule has 0 radical (unpaired) electrons. The first kappa shape index (κ1) is 28.0. The molecule has 0 heterocycles. The maximum atomic E-state index is 12.8. The molecule has 0 unspecified atom stereocenters. The van der Waals surface area contributed by atoms with Crippen LogP contribution in [-0.4, -0.2) is 40.8 Å². The third kappa shape index (κ3) is 5.14. The second-order valence-corrected chi connectivity index (χ2v) is 12.9. The Bertz CT molecular complexity index is 835. The summed E-state index contributed by atoms with van der Waals surface area (Å²) in [6.07, 6.45) is 16.9. The Labute approximate surface area is 218 Å². The number of fused-ring (bicyclic) bond motifs is 5. The lowest BCUT2D eigenvalue weighted by atomic mass is 9.44. The predicted molar refractivity (Wildman–Crippen MR) is 141 cm³/mol. The summed E-state index contributed by atoms with van der Waals surface area (Å²) in [5.41, 5.74) is 0.584. The number of aliphatic hydroxyl groups is 2. The van der Waals surface area contributed by atoms with E-state index in [0.717, 1.165) is 44.9 Å². The molecule has 0 spiro atoms. The highest BCUT2D eigenvalue weighted by atomic mass is 16.6. The van der Waals surface area contributed by atoms with Gasteiger partial charge in [-0.2, -0.15) is 0 Å². The molecule has 5 nitrogen and oxygen atoms in total. The maximum Gasteiger partial charge on any atom is 0.169 e. The van der Waals surface area contributed by atoms with Gasteiger partial charge in [-0.15, -0.1) is 0 Å². The molecule has 0 amide bonds. The van der Waals surface area contributed by atoms with Gasteiger partial charge in [0.2, 0.25) is 0 Å². The molecule has 0 aromatic rings. The number of unbranched alkanes of at least 4 members (excludes halogenated alkanes) is 7. The van der Waals surface area contributed by atoms with Gasteiger partial charge in [0.15, 0.2) is 17.4 Å². The smallest absolute Gasteiger partial charge is 0.169 e. The van der Waals surface area contributed by atoms with E-state index in [9.17, 15) is 19.8 Å². The molecular formula is C31H50O5. The van der Waals surface area contributed by atoms with Crippen molar-refractivity contribution in [2.24, 2.45) is 34.5 Å². The summed E-state index contributed by atoms with van der Waals surface area (Å²) >= 11 is 0. The molecule has 36 heavy (non-hydrogen) atoms. The molecule has 5 heteroatoms. The number of ether oxygens (including phenoxy) is 1. The fourth-order valence-corrected chi connectivity index (χ4v) is 9.06. The van der Waals surface area contributed by atoms with E-state index in [1.165, 1.54) is 44.1 Å². The van der Waals surface area contributed by atoms with Crippen molar-refractivity contribution in [2.45, 2.75) is 123 Å². The number of Topliss-reactive ketones (excluding diaryl/α,β-unsaturated/α-hetero) is 1. The molecule has 0 saturated heterocycles. The molecule has 204 valence electrons. The largest absolute Gasteiger partial charge is 0.389 e. The molecule has 0 aromatic carbocycles. The number of rotatable bonds is 12. The Morgan fingerprint density at radius 1 is 1.03 bits per heavy atom. The van der Waals surface area contributed by atoms with Crippen LogP contribution in [0, 0.1) is 34.5 Å². The van der Waals surface area contributed by atoms with Crippen LogP contribution in [-0.2, 0) is 14.3 Å². The first-order valence-electron chi connectivity index (χ1n) is 14.9. The normalized spacial score (nSPS) is 39.8. The van der Waals surface area contributed by atoms with Crippen molar-refractivity contribution in [3.8, 4) is 0 Å². The van der Waals surface area contributed by atoms with Gasteiger partial charge in [0.25, 0.3) is 0 Å². The lowest BCUT2D eigenvalue weighted by Crippen LogP contribution is -2.64. The molecule has 4 aliphatic rings. The number of allylic oxidation sites excluding steroid dienone is 1. The third-order valence-corrected chi connectivity index (χ3v) is 10.8. The highest BCUT2D eigenvalue weighted by Crippen LogP contribution is 2.69. The first-order valence-corrected chi connectivity index (χ1v) is 14.9. The second-order valence-electron chi connectivity index (χ2n) is 12.9. The van der Waals surface area contributed by atoms with E-state index in [4.69, 9.17) is 4.74 Å². The van der Waals surface area contributed by atoms with Crippen LogP contribution < -0.4 is 0 Å². The fraction of sp³-hybridized carbons (Fsp3) is 0.871. The van der Waals surface area contributed by atoms with Crippen LogP contribution in [0.5, 0.6) is 0 Å². The zero-order valence-electron chi connectivity index (χ0n) is 23.0. The lowest BCUT2D eigenvalue weighted by Gasteiger charge is -2.63. The van der Waals surface area contributed by atoms with E-state index in [2.05, 4.69) is 20.8 Å². The van der Waals surface area contributed by atoms with Crippen LogP contribution in [0.2, 0.25) is 0 Å². The molecule has 0 bridgehead atoms. The SMILES string of the molecule is CCCCCCCCCCO[C@]1(O)C[C@]2(C)[C@@H](C(=O)CO)CC[C@H]2[C@@H]2CCC3=CC(=O)CC[C@]3(C)[C@H]21. The van der Waals surface area contributed by atoms with Gasteiger partial charge >= 0.3 is 0 Å². The molecule has 3 saturated carbocycles. The minimum Gasteiger partial charge on any atom is -0.389 e. The van der Waals surface area contributed by atoms with E-state index >= 15 is 0 Å². The van der Waals surface area contributed by atoms with Gasteiger partial charge in [-0.3, -0.25) is 9.59 Å². The van der Waals surface area contributed by atoms with Crippen molar-refractivity contribution in [2.75, 3.05) is 13.2 Å². The number of carbonyl (C=O) groups is 2. The topological polar surface area (TPSA) is 83.8 Å². The summed E-state index contributed by atoms with van der Waals surface area (Å²) in [5.74, 6) is -0.874. The van der Waals surface area contributed by atoms with Gasteiger partial charge in [0.1, 0.15) is 6.61 Å². The summed E-state index contributed by atoms with van der Waals surface area (Å²) in [6, 6.07) is 0. The summed E-state index contributed by atoms with van der Waals surface area (Å²) < 4.78 is 6.53. The van der Waals surface area contributed by atoms with Crippen molar-refractivity contribution < 1.29 is 24.5 Å². The molecule has 2 N–H and O–H groups in total. The molecular weight excluding hydrogens is 452 g/mol. The predicted octanol–water partition coefficient (Wildman–Crippen LogP) is 6.15. The minimum atomic E-state index is -1.32. The van der Waals surface area contributed by atoms with Crippen LogP contribution in [0.3, 0.4) is 0 Å². The molecule has 7 atom stereocenters.